The van der Waals surface area contributed by atoms with Crippen LogP contribution in [-0.4, -0.2) is 25.8 Å². The standard InChI is InChI=1S/C13H21BrN2O2S/c1-4-16(9-10(2)3)19(17,18)13-7-11(8-15)5-6-12(13)14/h5-7,10H,4,8-9,15H2,1-3H3. The van der Waals surface area contributed by atoms with Crippen LogP contribution in [0.4, 0.5) is 0 Å². The van der Waals surface area contributed by atoms with Gasteiger partial charge in [0.05, 0.1) is 4.90 Å². The zero-order valence-electron chi connectivity index (χ0n) is 11.6. The average Bonchev–Trinajstić information content (AvgIpc) is 2.35. The molecule has 0 fully saturated rings. The average molecular weight is 349 g/mol. The molecule has 0 aliphatic heterocycles. The van der Waals surface area contributed by atoms with Crippen LogP contribution in [0.15, 0.2) is 27.6 Å². The molecule has 0 aliphatic carbocycles. The van der Waals surface area contributed by atoms with Gasteiger partial charge >= 0.3 is 0 Å². The SMILES string of the molecule is CCN(CC(C)C)S(=O)(=O)c1cc(CN)ccc1Br. The molecule has 0 aromatic heterocycles. The number of hydrogen-bond acceptors (Lipinski definition) is 3. The Morgan fingerprint density at radius 3 is 2.47 bits per heavy atom. The zero-order chi connectivity index (χ0) is 14.6. The lowest BCUT2D eigenvalue weighted by molar-refractivity contribution is 0.380. The molecule has 19 heavy (non-hydrogen) atoms. The molecule has 0 bridgehead atoms. The Morgan fingerprint density at radius 2 is 2.00 bits per heavy atom. The van der Waals surface area contributed by atoms with Gasteiger partial charge in [-0.25, -0.2) is 8.42 Å². The molecule has 1 aromatic carbocycles. The predicted molar refractivity (Wildman–Crippen MR) is 81.3 cm³/mol. The summed E-state index contributed by atoms with van der Waals surface area (Å²) in [7, 11) is -3.48. The van der Waals surface area contributed by atoms with E-state index >= 15 is 0 Å². The minimum atomic E-state index is -3.48. The second-order valence-electron chi connectivity index (χ2n) is 4.82. The highest BCUT2D eigenvalue weighted by Gasteiger charge is 2.26. The number of nitrogens with zero attached hydrogens (tertiary/aromatic N) is 1. The third-order valence-corrected chi connectivity index (χ3v) is 5.71. The van der Waals surface area contributed by atoms with E-state index in [2.05, 4.69) is 15.9 Å². The highest BCUT2D eigenvalue weighted by molar-refractivity contribution is 9.10. The van der Waals surface area contributed by atoms with E-state index in [0.29, 0.717) is 24.1 Å². The topological polar surface area (TPSA) is 63.4 Å². The van der Waals surface area contributed by atoms with Crippen molar-refractivity contribution in [3.63, 3.8) is 0 Å². The normalized spacial score (nSPS) is 12.4. The van der Waals surface area contributed by atoms with Gasteiger partial charge in [0, 0.05) is 24.1 Å². The van der Waals surface area contributed by atoms with E-state index in [9.17, 15) is 8.42 Å². The Labute approximate surface area is 124 Å². The van der Waals surface area contributed by atoms with Gasteiger partial charge < -0.3 is 5.73 Å². The first-order valence-electron chi connectivity index (χ1n) is 6.31. The number of hydrogen-bond donors (Lipinski definition) is 1. The maximum absolute atomic E-state index is 12.6. The molecule has 0 amide bonds. The molecule has 4 nitrogen and oxygen atoms in total. The minimum absolute atomic E-state index is 0.284. The molecule has 0 saturated carbocycles. The molecular formula is C13H21BrN2O2S. The van der Waals surface area contributed by atoms with Crippen molar-refractivity contribution in [2.45, 2.75) is 32.2 Å². The number of halogens is 1. The maximum atomic E-state index is 12.6. The summed E-state index contributed by atoms with van der Waals surface area (Å²) in [5.41, 5.74) is 6.39. The molecule has 2 N–H and O–H groups in total. The van der Waals surface area contributed by atoms with E-state index in [1.165, 1.54) is 4.31 Å². The van der Waals surface area contributed by atoms with Crippen LogP contribution in [0.25, 0.3) is 0 Å². The van der Waals surface area contributed by atoms with E-state index < -0.39 is 10.0 Å². The van der Waals surface area contributed by atoms with Crippen LogP contribution in [0, 0.1) is 5.92 Å². The molecule has 0 radical (unpaired) electrons. The van der Waals surface area contributed by atoms with Crippen LogP contribution in [-0.2, 0) is 16.6 Å². The second-order valence-corrected chi connectivity index (χ2v) is 7.58. The lowest BCUT2D eigenvalue weighted by Crippen LogP contribution is -2.34. The van der Waals surface area contributed by atoms with Crippen molar-refractivity contribution in [2.24, 2.45) is 11.7 Å². The van der Waals surface area contributed by atoms with Crippen molar-refractivity contribution >= 4 is 26.0 Å². The van der Waals surface area contributed by atoms with Crippen molar-refractivity contribution in [2.75, 3.05) is 13.1 Å². The summed E-state index contributed by atoms with van der Waals surface area (Å²) in [6.45, 7) is 7.15. The minimum Gasteiger partial charge on any atom is -0.326 e. The van der Waals surface area contributed by atoms with Crippen molar-refractivity contribution in [1.29, 1.82) is 0 Å². The first-order chi connectivity index (χ1) is 8.82. The number of rotatable bonds is 6. The Hall–Kier alpha value is -0.430. The molecular weight excluding hydrogens is 328 g/mol. The summed E-state index contributed by atoms with van der Waals surface area (Å²) in [5.74, 6) is 0.284. The van der Waals surface area contributed by atoms with E-state index in [1.807, 2.05) is 26.8 Å². The summed E-state index contributed by atoms with van der Waals surface area (Å²) < 4.78 is 27.4. The number of benzene rings is 1. The van der Waals surface area contributed by atoms with Gasteiger partial charge in [0.1, 0.15) is 0 Å². The molecule has 0 heterocycles. The van der Waals surface area contributed by atoms with Gasteiger partial charge in [0.25, 0.3) is 0 Å². The second kappa shape index (κ2) is 6.83. The van der Waals surface area contributed by atoms with E-state index in [-0.39, 0.29) is 10.8 Å². The third kappa shape index (κ3) is 4.02. The first kappa shape index (κ1) is 16.6. The lowest BCUT2D eigenvalue weighted by atomic mass is 10.2. The van der Waals surface area contributed by atoms with E-state index in [4.69, 9.17) is 5.73 Å². The van der Waals surface area contributed by atoms with Gasteiger partial charge in [-0.05, 0) is 39.5 Å². The first-order valence-corrected chi connectivity index (χ1v) is 8.54. The summed E-state index contributed by atoms with van der Waals surface area (Å²) in [6.07, 6.45) is 0. The van der Waals surface area contributed by atoms with E-state index in [1.54, 1.807) is 12.1 Å². The number of sulfonamides is 1. The van der Waals surface area contributed by atoms with Crippen molar-refractivity contribution in [3.05, 3.63) is 28.2 Å². The highest BCUT2D eigenvalue weighted by Crippen LogP contribution is 2.26. The lowest BCUT2D eigenvalue weighted by Gasteiger charge is -2.23. The molecule has 0 aliphatic rings. The highest BCUT2D eigenvalue weighted by atomic mass is 79.9. The summed E-state index contributed by atoms with van der Waals surface area (Å²) >= 11 is 3.31. The Bertz CT molecular complexity index is 529. The Morgan fingerprint density at radius 1 is 1.37 bits per heavy atom. The van der Waals surface area contributed by atoms with Gasteiger partial charge in [-0.15, -0.1) is 0 Å². The van der Waals surface area contributed by atoms with Gasteiger partial charge in [0.2, 0.25) is 10.0 Å². The fraction of sp³-hybridized carbons (Fsp3) is 0.538. The summed E-state index contributed by atoms with van der Waals surface area (Å²) in [5, 5.41) is 0. The van der Waals surface area contributed by atoms with E-state index in [0.717, 1.165) is 5.56 Å². The fourth-order valence-corrected chi connectivity index (χ4v) is 4.40. The van der Waals surface area contributed by atoms with Crippen LogP contribution >= 0.6 is 15.9 Å². The predicted octanol–water partition coefficient (Wildman–Crippen LogP) is 2.57. The molecule has 0 saturated heterocycles. The van der Waals surface area contributed by atoms with Crippen LogP contribution in [0.2, 0.25) is 0 Å². The maximum Gasteiger partial charge on any atom is 0.244 e. The van der Waals surface area contributed by atoms with Crippen LogP contribution < -0.4 is 5.73 Å². The summed E-state index contributed by atoms with van der Waals surface area (Å²) in [6, 6.07) is 5.20. The van der Waals surface area contributed by atoms with Gasteiger partial charge in [0.15, 0.2) is 0 Å². The van der Waals surface area contributed by atoms with Crippen LogP contribution in [0.3, 0.4) is 0 Å². The summed E-state index contributed by atoms with van der Waals surface area (Å²) in [4.78, 5) is 0.290. The molecule has 1 aromatic rings. The molecule has 0 atom stereocenters. The Balaban J connectivity index is 3.24. The smallest absolute Gasteiger partial charge is 0.244 e. The van der Waals surface area contributed by atoms with Gasteiger partial charge in [-0.1, -0.05) is 26.8 Å². The quantitative estimate of drug-likeness (QED) is 0.859. The number of nitrogens with two attached hydrogens (primary N) is 1. The molecule has 6 heteroatoms. The zero-order valence-corrected chi connectivity index (χ0v) is 14.0. The molecule has 108 valence electrons. The van der Waals surface area contributed by atoms with Crippen molar-refractivity contribution in [1.82, 2.24) is 4.31 Å². The van der Waals surface area contributed by atoms with Crippen molar-refractivity contribution in [3.8, 4) is 0 Å². The van der Waals surface area contributed by atoms with Gasteiger partial charge in [-0.2, -0.15) is 4.31 Å². The van der Waals surface area contributed by atoms with Gasteiger partial charge in [-0.3, -0.25) is 0 Å². The van der Waals surface area contributed by atoms with Crippen LogP contribution in [0.1, 0.15) is 26.3 Å². The monoisotopic (exact) mass is 348 g/mol. The molecule has 0 spiro atoms. The fourth-order valence-electron chi connectivity index (χ4n) is 1.82. The molecule has 1 rings (SSSR count). The Kier molecular flexibility index (Phi) is 5.98. The molecule has 0 unspecified atom stereocenters. The van der Waals surface area contributed by atoms with Crippen molar-refractivity contribution < 1.29 is 8.42 Å². The third-order valence-electron chi connectivity index (χ3n) is 2.77. The van der Waals surface area contributed by atoms with Crippen LogP contribution in [0.5, 0.6) is 0 Å². The largest absolute Gasteiger partial charge is 0.326 e.